The molecule has 1 amide bonds. The molecule has 55 heavy (non-hydrogen) atoms. The van der Waals surface area contributed by atoms with Crippen molar-refractivity contribution in [3.63, 3.8) is 0 Å². The van der Waals surface area contributed by atoms with Crippen LogP contribution in [0.3, 0.4) is 0 Å². The first-order valence-corrected chi connectivity index (χ1v) is 22.3. The minimum absolute atomic E-state index is 0.143. The van der Waals surface area contributed by atoms with Gasteiger partial charge in [-0.05, 0) is 57.8 Å². The number of carbonyl (C=O) groups is 3. The van der Waals surface area contributed by atoms with Crippen LogP contribution < -0.4 is 5.32 Å². The smallest absolute Gasteiger partial charge is 0.472 e. The Labute approximate surface area is 332 Å². The number of phosphoric acid groups is 1. The Morgan fingerprint density at radius 2 is 1.05 bits per heavy atom. The average molecular weight is 796 g/mol. The monoisotopic (exact) mass is 796 g/mol. The summed E-state index contributed by atoms with van der Waals surface area (Å²) < 4.78 is 26.7. The Kier molecular flexibility index (Phi) is 36.1. The van der Waals surface area contributed by atoms with Gasteiger partial charge >= 0.3 is 19.8 Å². The molecule has 0 radical (unpaired) electrons. The van der Waals surface area contributed by atoms with E-state index in [1.54, 1.807) is 0 Å². The first-order chi connectivity index (χ1) is 26.6. The second-order valence-corrected chi connectivity index (χ2v) is 15.3. The van der Waals surface area contributed by atoms with E-state index < -0.39 is 57.6 Å². The molecule has 0 heterocycles. The number of rotatable bonds is 38. The van der Waals surface area contributed by atoms with Crippen molar-refractivity contribution in [2.45, 2.75) is 174 Å². The summed E-state index contributed by atoms with van der Waals surface area (Å²) in [4.78, 5) is 45.6. The van der Waals surface area contributed by atoms with Crippen LogP contribution in [0.25, 0.3) is 0 Å². The second kappa shape index (κ2) is 38.1. The van der Waals surface area contributed by atoms with Gasteiger partial charge in [-0.25, -0.2) is 9.36 Å². The third-order valence-electron chi connectivity index (χ3n) is 8.57. The van der Waals surface area contributed by atoms with Crippen LogP contribution >= 0.6 is 7.82 Å². The molecule has 4 N–H and O–H groups in total. The lowest BCUT2D eigenvalue weighted by molar-refractivity contribution is -0.147. The van der Waals surface area contributed by atoms with Gasteiger partial charge in [0, 0.05) is 12.8 Å². The zero-order chi connectivity index (χ0) is 40.7. The lowest BCUT2D eigenvalue weighted by atomic mass is 10.1. The number of hydrogen-bond acceptors (Lipinski definition) is 8. The molecule has 0 spiro atoms. The minimum Gasteiger partial charge on any atom is -0.480 e. The molecule has 0 aliphatic rings. The van der Waals surface area contributed by atoms with Gasteiger partial charge in [-0.1, -0.05) is 152 Å². The van der Waals surface area contributed by atoms with Crippen LogP contribution in [0.2, 0.25) is 0 Å². The van der Waals surface area contributed by atoms with Crippen LogP contribution in [0, 0.1) is 0 Å². The Bertz CT molecular complexity index is 1170. The molecule has 0 aromatic carbocycles. The van der Waals surface area contributed by atoms with Crippen LogP contribution in [0.4, 0.5) is 0 Å². The van der Waals surface area contributed by atoms with Crippen LogP contribution in [0.5, 0.6) is 0 Å². The lowest BCUT2D eigenvalue weighted by Gasteiger charge is -2.18. The van der Waals surface area contributed by atoms with Crippen LogP contribution in [-0.2, 0) is 32.7 Å². The van der Waals surface area contributed by atoms with Crippen molar-refractivity contribution in [3.8, 4) is 0 Å². The zero-order valence-corrected chi connectivity index (χ0v) is 34.9. The summed E-state index contributed by atoms with van der Waals surface area (Å²) in [5.74, 6) is -2.40. The number of unbranched alkanes of at least 4 members (excludes halogenated alkanes) is 14. The van der Waals surface area contributed by atoms with Crippen molar-refractivity contribution in [2.75, 3.05) is 19.8 Å². The Balaban J connectivity index is 3.87. The van der Waals surface area contributed by atoms with Gasteiger partial charge in [0.1, 0.15) is 12.7 Å². The zero-order valence-electron chi connectivity index (χ0n) is 34.0. The molecule has 3 atom stereocenters. The number of esters is 1. The quantitative estimate of drug-likeness (QED) is 0.0204. The van der Waals surface area contributed by atoms with E-state index in [4.69, 9.17) is 13.8 Å². The SMILES string of the molecule is CC/C=C\C/C=C\C/C=C\C/C=C\C/C=C\CCCCCCCCCC(=O)OCC(O)COP(=O)(O)OCC(NC(=O)CCCCCCCCCC)C(=O)O. The van der Waals surface area contributed by atoms with Crippen LogP contribution in [-0.4, -0.2) is 64.9 Å². The number of carboxylic acid groups (broad SMARTS) is 1. The van der Waals surface area contributed by atoms with Gasteiger partial charge in [-0.3, -0.25) is 18.6 Å². The summed E-state index contributed by atoms with van der Waals surface area (Å²) in [6.45, 7) is 2.40. The molecule has 0 aliphatic carbocycles. The second-order valence-electron chi connectivity index (χ2n) is 13.8. The number of aliphatic hydroxyl groups excluding tert-OH is 1. The van der Waals surface area contributed by atoms with E-state index in [2.05, 4.69) is 79.9 Å². The van der Waals surface area contributed by atoms with Gasteiger partial charge in [-0.15, -0.1) is 0 Å². The number of nitrogens with one attached hydrogen (secondary N) is 1. The van der Waals surface area contributed by atoms with Crippen molar-refractivity contribution < 1.29 is 47.8 Å². The van der Waals surface area contributed by atoms with E-state index in [0.29, 0.717) is 12.8 Å². The summed E-state index contributed by atoms with van der Waals surface area (Å²) in [7, 11) is -4.75. The van der Waals surface area contributed by atoms with Crippen molar-refractivity contribution in [1.82, 2.24) is 5.32 Å². The van der Waals surface area contributed by atoms with Gasteiger partial charge in [0.25, 0.3) is 0 Å². The highest BCUT2D eigenvalue weighted by atomic mass is 31.2. The summed E-state index contributed by atoms with van der Waals surface area (Å²) in [6, 6.07) is -1.54. The summed E-state index contributed by atoms with van der Waals surface area (Å²) in [5.41, 5.74) is 0. The molecule has 0 rings (SSSR count). The van der Waals surface area contributed by atoms with Crippen LogP contribution in [0.1, 0.15) is 162 Å². The van der Waals surface area contributed by atoms with Crippen molar-refractivity contribution in [2.24, 2.45) is 0 Å². The Morgan fingerprint density at radius 1 is 0.600 bits per heavy atom. The number of ether oxygens (including phenoxy) is 1. The summed E-state index contributed by atoms with van der Waals surface area (Å²) in [5, 5.41) is 21.7. The van der Waals surface area contributed by atoms with E-state index in [1.807, 2.05) is 0 Å². The number of aliphatic carboxylic acids is 1. The molecule has 0 fully saturated rings. The topological polar surface area (TPSA) is 169 Å². The fraction of sp³-hybridized carbons (Fsp3) is 0.698. The maximum atomic E-state index is 12.2. The third-order valence-corrected chi connectivity index (χ3v) is 9.52. The molecule has 12 heteroatoms. The predicted octanol–water partition coefficient (Wildman–Crippen LogP) is 10.4. The number of amides is 1. The predicted molar refractivity (Wildman–Crippen MR) is 222 cm³/mol. The Hall–Kier alpha value is -2.82. The van der Waals surface area contributed by atoms with E-state index in [-0.39, 0.29) is 12.8 Å². The van der Waals surface area contributed by atoms with Crippen molar-refractivity contribution >= 4 is 25.7 Å². The van der Waals surface area contributed by atoms with Gasteiger partial charge in [0.05, 0.1) is 13.2 Å². The third kappa shape index (κ3) is 37.9. The number of carbonyl (C=O) groups excluding carboxylic acids is 2. The first-order valence-electron chi connectivity index (χ1n) is 20.8. The largest absolute Gasteiger partial charge is 0.480 e. The molecular formula is C43H74NO10P. The molecule has 0 saturated heterocycles. The fourth-order valence-electron chi connectivity index (χ4n) is 5.34. The molecule has 0 aromatic rings. The molecule has 0 aliphatic heterocycles. The number of hydrogen-bond donors (Lipinski definition) is 4. The first kappa shape index (κ1) is 52.2. The number of allylic oxidation sites excluding steroid dienone is 10. The number of carboxylic acids is 1. The lowest BCUT2D eigenvalue weighted by Crippen LogP contribution is -2.43. The normalized spacial score (nSPS) is 14.4. The van der Waals surface area contributed by atoms with E-state index in [9.17, 15) is 34.1 Å². The average Bonchev–Trinajstić information content (AvgIpc) is 3.16. The number of aliphatic hydroxyl groups is 1. The molecular weight excluding hydrogens is 721 g/mol. The molecule has 316 valence electrons. The molecule has 0 bridgehead atoms. The van der Waals surface area contributed by atoms with E-state index >= 15 is 0 Å². The number of phosphoric ester groups is 1. The van der Waals surface area contributed by atoms with Gasteiger partial charge in [-0.2, -0.15) is 0 Å². The fourth-order valence-corrected chi connectivity index (χ4v) is 6.11. The summed E-state index contributed by atoms with van der Waals surface area (Å²) >= 11 is 0. The highest BCUT2D eigenvalue weighted by Crippen LogP contribution is 2.43. The maximum absolute atomic E-state index is 12.2. The Morgan fingerprint density at radius 3 is 1.58 bits per heavy atom. The molecule has 0 aromatic heterocycles. The molecule has 11 nitrogen and oxygen atoms in total. The maximum Gasteiger partial charge on any atom is 0.472 e. The summed E-state index contributed by atoms with van der Waals surface area (Å²) in [6.07, 6.45) is 42.7. The van der Waals surface area contributed by atoms with Crippen molar-refractivity contribution in [1.29, 1.82) is 0 Å². The molecule has 0 saturated carbocycles. The van der Waals surface area contributed by atoms with Gasteiger partial charge in [0.2, 0.25) is 5.91 Å². The minimum atomic E-state index is -4.75. The van der Waals surface area contributed by atoms with E-state index in [1.165, 1.54) is 38.5 Å². The van der Waals surface area contributed by atoms with Gasteiger partial charge < -0.3 is 25.2 Å². The van der Waals surface area contributed by atoms with E-state index in [0.717, 1.165) is 83.5 Å². The highest BCUT2D eigenvalue weighted by Gasteiger charge is 2.28. The standard InChI is InChI=1S/C43H74NO10P/c1-3-5-7-9-11-13-14-15-16-17-18-19-20-21-22-23-24-25-26-27-29-31-33-35-42(47)52-36-39(45)37-53-55(50,51)54-38-40(43(48)49)44-41(46)34-32-30-28-12-10-8-6-4-2/h5,7,11,13,15-16,18-19,21-22,39-40,45H,3-4,6,8-10,12,14,17,20,23-38H2,1-2H3,(H,44,46)(H,48,49)(H,50,51)/b7-5-,13-11-,16-15-,19-18-,22-21-. The van der Waals surface area contributed by atoms with Gasteiger partial charge in [0.15, 0.2) is 6.04 Å². The van der Waals surface area contributed by atoms with Crippen LogP contribution in [0.15, 0.2) is 60.8 Å². The van der Waals surface area contributed by atoms with Crippen molar-refractivity contribution in [3.05, 3.63) is 60.8 Å². The molecule has 3 unspecified atom stereocenters. The highest BCUT2D eigenvalue weighted by molar-refractivity contribution is 7.47.